The first-order chi connectivity index (χ1) is 9.86. The average molecular weight is 407 g/mol. The maximum atomic E-state index is 12.1. The molecule has 2 unspecified atom stereocenters. The van der Waals surface area contributed by atoms with E-state index in [0.29, 0.717) is 13.2 Å². The first kappa shape index (κ1) is 23.2. The van der Waals surface area contributed by atoms with Gasteiger partial charge in [0.2, 0.25) is 0 Å². The summed E-state index contributed by atoms with van der Waals surface area (Å²) in [6, 6.07) is -0.579. The minimum Gasteiger partial charge on any atom is -0.377 e. The third kappa shape index (κ3) is 7.42. The Labute approximate surface area is 161 Å². The van der Waals surface area contributed by atoms with Gasteiger partial charge < -0.3 is 18.7 Å². The molecule has 0 amide bonds. The summed E-state index contributed by atoms with van der Waals surface area (Å²) in [6.07, 6.45) is -0.236. The third-order valence-corrected chi connectivity index (χ3v) is 4.63. The predicted octanol–water partition coefficient (Wildman–Crippen LogP) is 2.37. The van der Waals surface area contributed by atoms with Crippen LogP contribution in [0.5, 0.6) is 0 Å². The van der Waals surface area contributed by atoms with E-state index in [2.05, 4.69) is 0 Å². The summed E-state index contributed by atoms with van der Waals surface area (Å²) in [7, 11) is 3.82. The second kappa shape index (κ2) is 11.7. The largest absolute Gasteiger partial charge is 0.377 e. The van der Waals surface area contributed by atoms with Gasteiger partial charge in [0.1, 0.15) is 26.2 Å². The standard InChI is InChI=1S/C14H28BO5P.Y/c1-6-7-17-13-12(20-21(16)10(4)5)11(19-14(13)15)8-18-9(2)3;/h9-14,21H,6-8H2,1-5H3;/t11-,12?,13+,14-;/m1./s1. The number of ether oxygens (including phenoxy) is 3. The van der Waals surface area contributed by atoms with E-state index in [-0.39, 0.29) is 50.6 Å². The normalized spacial score (nSPS) is 29.8. The molecule has 0 bridgehead atoms. The molecule has 3 radical (unpaired) electrons. The third-order valence-electron chi connectivity index (χ3n) is 3.18. The molecule has 8 heteroatoms. The van der Waals surface area contributed by atoms with E-state index >= 15 is 0 Å². The van der Waals surface area contributed by atoms with Crippen LogP contribution >= 0.6 is 8.03 Å². The quantitative estimate of drug-likeness (QED) is 0.434. The van der Waals surface area contributed by atoms with Crippen LogP contribution in [-0.4, -0.2) is 57.1 Å². The molecule has 0 aromatic heterocycles. The zero-order valence-electron chi connectivity index (χ0n) is 14.3. The molecule has 1 heterocycles. The number of rotatable bonds is 9. The Balaban J connectivity index is 0.00000441. The second-order valence-electron chi connectivity index (χ2n) is 5.91. The fraction of sp³-hybridized carbons (Fsp3) is 1.00. The molecule has 1 rings (SSSR count). The van der Waals surface area contributed by atoms with Crippen LogP contribution in [0.25, 0.3) is 0 Å². The van der Waals surface area contributed by atoms with Gasteiger partial charge in [-0.1, -0.05) is 20.8 Å². The summed E-state index contributed by atoms with van der Waals surface area (Å²) < 4.78 is 34.8. The van der Waals surface area contributed by atoms with E-state index in [1.807, 2.05) is 34.6 Å². The van der Waals surface area contributed by atoms with Gasteiger partial charge >= 0.3 is 0 Å². The van der Waals surface area contributed by atoms with Crippen LogP contribution in [0.3, 0.4) is 0 Å². The van der Waals surface area contributed by atoms with Gasteiger partial charge in [-0.2, -0.15) is 0 Å². The van der Waals surface area contributed by atoms with E-state index < -0.39 is 26.2 Å². The van der Waals surface area contributed by atoms with E-state index in [4.69, 9.17) is 26.6 Å². The fourth-order valence-electron chi connectivity index (χ4n) is 2.03. The van der Waals surface area contributed by atoms with E-state index in [1.54, 1.807) is 0 Å². The van der Waals surface area contributed by atoms with E-state index in [0.717, 1.165) is 6.42 Å². The Morgan fingerprint density at radius 3 is 2.36 bits per heavy atom. The molecule has 5 nitrogen and oxygen atoms in total. The molecule has 0 aliphatic carbocycles. The molecule has 1 aliphatic heterocycles. The van der Waals surface area contributed by atoms with Crippen molar-refractivity contribution in [3.63, 3.8) is 0 Å². The molecule has 22 heavy (non-hydrogen) atoms. The van der Waals surface area contributed by atoms with Crippen molar-refractivity contribution in [3.05, 3.63) is 0 Å². The van der Waals surface area contributed by atoms with Crippen molar-refractivity contribution in [1.29, 1.82) is 0 Å². The van der Waals surface area contributed by atoms with Gasteiger partial charge in [0, 0.05) is 51.0 Å². The SMILES string of the molecule is [B][C@@H]1O[C@H](COC(C)C)C(O[PH](=O)C(C)C)[C@@H]1OCCC.[Y]. The van der Waals surface area contributed by atoms with Gasteiger partial charge in [0.25, 0.3) is 0 Å². The smallest absolute Gasteiger partial charge is 0.194 e. The Bertz CT molecular complexity index is 332. The van der Waals surface area contributed by atoms with Crippen LogP contribution in [0, 0.1) is 0 Å². The van der Waals surface area contributed by atoms with Crippen LogP contribution < -0.4 is 0 Å². The predicted molar refractivity (Wildman–Crippen MR) is 84.5 cm³/mol. The maximum absolute atomic E-state index is 12.1. The number of hydrogen-bond acceptors (Lipinski definition) is 5. The molecular weight excluding hydrogens is 379 g/mol. The molecule has 0 N–H and O–H groups in total. The summed E-state index contributed by atoms with van der Waals surface area (Å²) in [6.45, 7) is 10.6. The van der Waals surface area contributed by atoms with Gasteiger partial charge in [-0.15, -0.1) is 0 Å². The Morgan fingerprint density at radius 2 is 1.86 bits per heavy atom. The fourth-order valence-corrected chi connectivity index (χ4v) is 2.86. The summed E-state index contributed by atoms with van der Waals surface area (Å²) in [5.41, 5.74) is -0.0229. The minimum absolute atomic E-state index is 0. The molecule has 125 valence electrons. The maximum Gasteiger partial charge on any atom is 0.194 e. The van der Waals surface area contributed by atoms with Crippen LogP contribution in [-0.2, 0) is 56.0 Å². The van der Waals surface area contributed by atoms with Crippen molar-refractivity contribution in [3.8, 4) is 0 Å². The topological polar surface area (TPSA) is 54.0 Å². The van der Waals surface area contributed by atoms with Gasteiger partial charge in [0.05, 0.1) is 12.7 Å². The first-order valence-corrected chi connectivity index (χ1v) is 9.10. The molecule has 0 spiro atoms. The van der Waals surface area contributed by atoms with E-state index in [9.17, 15) is 4.57 Å². The second-order valence-corrected chi connectivity index (χ2v) is 7.94. The van der Waals surface area contributed by atoms with Gasteiger partial charge in [0.15, 0.2) is 8.03 Å². The van der Waals surface area contributed by atoms with Gasteiger partial charge in [-0.3, -0.25) is 4.57 Å². The van der Waals surface area contributed by atoms with Gasteiger partial charge in [-0.05, 0) is 20.3 Å². The van der Waals surface area contributed by atoms with Crippen LogP contribution in [0.1, 0.15) is 41.0 Å². The van der Waals surface area contributed by atoms with Crippen molar-refractivity contribution < 1.29 is 56.0 Å². The molecule has 1 saturated heterocycles. The van der Waals surface area contributed by atoms with Crippen LogP contribution in [0.4, 0.5) is 0 Å². The molecule has 0 saturated carbocycles. The first-order valence-electron chi connectivity index (χ1n) is 7.71. The molecule has 1 aliphatic rings. The molecular formula is C14H28BO5PY. The number of hydrogen-bond donors (Lipinski definition) is 0. The Morgan fingerprint density at radius 1 is 1.23 bits per heavy atom. The molecule has 5 atom stereocenters. The van der Waals surface area contributed by atoms with Crippen molar-refractivity contribution in [2.75, 3.05) is 13.2 Å². The summed E-state index contributed by atoms with van der Waals surface area (Å²) >= 11 is 0. The van der Waals surface area contributed by atoms with Gasteiger partial charge in [-0.25, -0.2) is 0 Å². The zero-order valence-corrected chi connectivity index (χ0v) is 18.1. The van der Waals surface area contributed by atoms with Crippen molar-refractivity contribution in [2.45, 2.75) is 77.1 Å². The summed E-state index contributed by atoms with van der Waals surface area (Å²) in [5, 5.41) is 0. The van der Waals surface area contributed by atoms with Crippen molar-refractivity contribution in [2.24, 2.45) is 0 Å². The van der Waals surface area contributed by atoms with E-state index in [1.165, 1.54) is 0 Å². The van der Waals surface area contributed by atoms with Crippen LogP contribution in [0.2, 0.25) is 0 Å². The zero-order chi connectivity index (χ0) is 16.0. The molecule has 1 fully saturated rings. The Kier molecular flexibility index (Phi) is 12.4. The van der Waals surface area contributed by atoms with Crippen LogP contribution in [0.15, 0.2) is 0 Å². The van der Waals surface area contributed by atoms with Crippen molar-refractivity contribution >= 4 is 15.9 Å². The monoisotopic (exact) mass is 407 g/mol. The Hall–Kier alpha value is 1.24. The summed E-state index contributed by atoms with van der Waals surface area (Å²) in [5.74, 6) is 0. The summed E-state index contributed by atoms with van der Waals surface area (Å²) in [4.78, 5) is 0. The molecule has 0 aromatic carbocycles. The van der Waals surface area contributed by atoms with Crippen molar-refractivity contribution in [1.82, 2.24) is 0 Å². The molecule has 0 aromatic rings. The minimum atomic E-state index is -2.16. The average Bonchev–Trinajstić information content (AvgIpc) is 2.70.